The maximum atomic E-state index is 6.28. The van der Waals surface area contributed by atoms with Crippen LogP contribution >= 0.6 is 22.6 Å². The third-order valence-electron chi connectivity index (χ3n) is 4.50. The van der Waals surface area contributed by atoms with Crippen molar-refractivity contribution in [3.05, 3.63) is 80.7 Å². The van der Waals surface area contributed by atoms with Crippen LogP contribution in [0.25, 0.3) is 0 Å². The van der Waals surface area contributed by atoms with Crippen LogP contribution in [0.2, 0.25) is 0 Å². The van der Waals surface area contributed by atoms with Gasteiger partial charge in [-0.1, -0.05) is 53.7 Å². The van der Waals surface area contributed by atoms with Crippen molar-refractivity contribution in [3.63, 3.8) is 0 Å². The molecule has 0 fully saturated rings. The van der Waals surface area contributed by atoms with Gasteiger partial charge in [0, 0.05) is 14.4 Å². The second-order valence-electron chi connectivity index (χ2n) is 8.89. The van der Waals surface area contributed by atoms with Crippen molar-refractivity contribution in [1.29, 1.82) is 0 Å². The number of hydrogen-bond acceptors (Lipinski definition) is 2. The Bertz CT molecular complexity index is 818. The summed E-state index contributed by atoms with van der Waals surface area (Å²) in [4.78, 5) is 0. The van der Waals surface area contributed by atoms with E-state index in [2.05, 4.69) is 113 Å². The molecule has 2 aromatic heterocycles. The van der Waals surface area contributed by atoms with E-state index in [0.29, 0.717) is 0 Å². The molecule has 26 heavy (non-hydrogen) atoms. The van der Waals surface area contributed by atoms with Crippen molar-refractivity contribution in [2.24, 2.45) is 0 Å². The Kier molecular flexibility index (Phi) is 5.13. The van der Waals surface area contributed by atoms with E-state index in [1.165, 1.54) is 9.13 Å². The predicted molar refractivity (Wildman–Crippen MR) is 115 cm³/mol. The van der Waals surface area contributed by atoms with E-state index in [9.17, 15) is 0 Å². The summed E-state index contributed by atoms with van der Waals surface area (Å²) in [5, 5.41) is 0. The number of halogens is 1. The molecular weight excluding hydrogens is 435 g/mol. The summed E-state index contributed by atoms with van der Waals surface area (Å²) in [5.74, 6) is 3.78. The molecule has 0 bridgehead atoms. The first kappa shape index (κ1) is 19.3. The van der Waals surface area contributed by atoms with Gasteiger partial charge in [0.2, 0.25) is 0 Å². The minimum Gasteiger partial charge on any atom is -0.464 e. The second kappa shape index (κ2) is 6.91. The van der Waals surface area contributed by atoms with Gasteiger partial charge in [-0.25, -0.2) is 0 Å². The molecule has 0 saturated heterocycles. The van der Waals surface area contributed by atoms with Crippen molar-refractivity contribution in [2.45, 2.75) is 58.3 Å². The van der Waals surface area contributed by atoms with Crippen LogP contribution in [0.4, 0.5) is 0 Å². The quantitative estimate of drug-likeness (QED) is 0.383. The molecule has 0 amide bonds. The summed E-state index contributed by atoms with van der Waals surface area (Å²) in [6.45, 7) is 13.0. The van der Waals surface area contributed by atoms with Gasteiger partial charge in [-0.2, -0.15) is 0 Å². The van der Waals surface area contributed by atoms with Crippen LogP contribution in [0.3, 0.4) is 0 Å². The van der Waals surface area contributed by atoms with E-state index in [-0.39, 0.29) is 16.7 Å². The fraction of sp³-hybridized carbons (Fsp3) is 0.391. The average molecular weight is 462 g/mol. The van der Waals surface area contributed by atoms with Crippen LogP contribution in [0.5, 0.6) is 0 Å². The lowest BCUT2D eigenvalue weighted by molar-refractivity contribution is 0.354. The minimum absolute atomic E-state index is 0.0192. The van der Waals surface area contributed by atoms with Crippen LogP contribution < -0.4 is 0 Å². The monoisotopic (exact) mass is 462 g/mol. The summed E-state index contributed by atoms with van der Waals surface area (Å²) in [6.07, 6.45) is 0. The van der Waals surface area contributed by atoms with E-state index in [1.807, 2.05) is 0 Å². The van der Waals surface area contributed by atoms with E-state index in [4.69, 9.17) is 8.83 Å². The van der Waals surface area contributed by atoms with Crippen LogP contribution in [-0.4, -0.2) is 0 Å². The molecule has 0 atom stereocenters. The van der Waals surface area contributed by atoms with Gasteiger partial charge >= 0.3 is 0 Å². The predicted octanol–water partition coefficient (Wildman–Crippen LogP) is 7.25. The Hall–Kier alpha value is -1.49. The summed E-state index contributed by atoms with van der Waals surface area (Å²) in [5.41, 5.74) is 1.14. The first-order valence-corrected chi connectivity index (χ1v) is 10.1. The molecule has 3 aromatic rings. The molecule has 0 radical (unpaired) electrons. The van der Waals surface area contributed by atoms with Gasteiger partial charge in [0.15, 0.2) is 0 Å². The largest absolute Gasteiger partial charge is 0.464 e. The van der Waals surface area contributed by atoms with Gasteiger partial charge in [-0.15, -0.1) is 0 Å². The minimum atomic E-state index is -0.0424. The lowest BCUT2D eigenvalue weighted by Crippen LogP contribution is -2.10. The molecule has 0 aliphatic carbocycles. The lowest BCUT2D eigenvalue weighted by Gasteiger charge is -2.18. The summed E-state index contributed by atoms with van der Waals surface area (Å²) in [7, 11) is 0. The zero-order valence-electron chi connectivity index (χ0n) is 16.4. The Morgan fingerprint density at radius 3 is 1.42 bits per heavy atom. The summed E-state index contributed by atoms with van der Waals surface area (Å²) < 4.78 is 13.8. The van der Waals surface area contributed by atoms with Gasteiger partial charge in [-0.3, -0.25) is 0 Å². The summed E-state index contributed by atoms with van der Waals surface area (Å²) in [6, 6.07) is 16.9. The molecule has 3 rings (SSSR count). The molecule has 2 heterocycles. The van der Waals surface area contributed by atoms with E-state index in [1.54, 1.807) is 0 Å². The third-order valence-corrected chi connectivity index (χ3v) is 5.22. The molecule has 0 spiro atoms. The highest BCUT2D eigenvalue weighted by atomic mass is 127. The van der Waals surface area contributed by atoms with Crippen molar-refractivity contribution >= 4 is 22.6 Å². The standard InChI is InChI=1S/C23H27IO2/c1-22(2,3)19-13-11-17(25-19)21(15-7-9-16(24)10-8-15)18-12-14-20(26-18)23(4,5)6/h7-14,21H,1-6H3. The number of furan rings is 2. The highest BCUT2D eigenvalue weighted by Gasteiger charge is 2.28. The van der Waals surface area contributed by atoms with Crippen LogP contribution in [0.15, 0.2) is 57.4 Å². The first-order valence-electron chi connectivity index (χ1n) is 9.01. The second-order valence-corrected chi connectivity index (χ2v) is 10.1. The number of hydrogen-bond donors (Lipinski definition) is 0. The Morgan fingerprint density at radius 2 is 1.08 bits per heavy atom. The third kappa shape index (κ3) is 4.08. The molecule has 138 valence electrons. The molecule has 0 aliphatic heterocycles. The Morgan fingerprint density at radius 1 is 0.654 bits per heavy atom. The zero-order chi connectivity index (χ0) is 19.1. The Balaban J connectivity index is 2.09. The lowest BCUT2D eigenvalue weighted by atomic mass is 9.93. The highest BCUT2D eigenvalue weighted by Crippen LogP contribution is 2.38. The molecule has 0 unspecified atom stereocenters. The highest BCUT2D eigenvalue weighted by molar-refractivity contribution is 14.1. The summed E-state index contributed by atoms with van der Waals surface area (Å²) >= 11 is 2.33. The number of rotatable bonds is 3. The van der Waals surface area contributed by atoms with Crippen LogP contribution in [-0.2, 0) is 10.8 Å². The maximum absolute atomic E-state index is 6.28. The number of benzene rings is 1. The fourth-order valence-corrected chi connectivity index (χ4v) is 3.31. The van der Waals surface area contributed by atoms with Crippen LogP contribution in [0.1, 0.15) is 76.1 Å². The normalized spacial score (nSPS) is 12.8. The van der Waals surface area contributed by atoms with Crippen molar-refractivity contribution in [1.82, 2.24) is 0 Å². The van der Waals surface area contributed by atoms with Crippen molar-refractivity contribution in [2.75, 3.05) is 0 Å². The fourth-order valence-electron chi connectivity index (χ4n) is 2.95. The molecule has 0 aliphatic rings. The van der Waals surface area contributed by atoms with Gasteiger partial charge in [0.1, 0.15) is 29.0 Å². The first-order chi connectivity index (χ1) is 12.1. The molecule has 3 heteroatoms. The molecule has 1 aromatic carbocycles. The zero-order valence-corrected chi connectivity index (χ0v) is 18.5. The average Bonchev–Trinajstić information content (AvgIpc) is 3.18. The maximum Gasteiger partial charge on any atom is 0.119 e. The van der Waals surface area contributed by atoms with Crippen molar-refractivity contribution in [3.8, 4) is 0 Å². The van der Waals surface area contributed by atoms with Gasteiger partial charge in [-0.05, 0) is 64.6 Å². The molecule has 0 N–H and O–H groups in total. The topological polar surface area (TPSA) is 26.3 Å². The van der Waals surface area contributed by atoms with Crippen molar-refractivity contribution < 1.29 is 8.83 Å². The molecular formula is C23H27IO2. The van der Waals surface area contributed by atoms with E-state index < -0.39 is 0 Å². The van der Waals surface area contributed by atoms with E-state index in [0.717, 1.165) is 23.0 Å². The molecule has 2 nitrogen and oxygen atoms in total. The molecule has 0 saturated carbocycles. The van der Waals surface area contributed by atoms with Crippen LogP contribution in [0, 0.1) is 3.57 Å². The van der Waals surface area contributed by atoms with Gasteiger partial charge in [0.05, 0.1) is 0 Å². The van der Waals surface area contributed by atoms with Gasteiger partial charge in [0.25, 0.3) is 0 Å². The van der Waals surface area contributed by atoms with E-state index >= 15 is 0 Å². The Labute approximate surface area is 170 Å². The van der Waals surface area contributed by atoms with Gasteiger partial charge < -0.3 is 8.83 Å². The smallest absolute Gasteiger partial charge is 0.119 e. The SMILES string of the molecule is CC(C)(C)c1ccc(C(c2ccc(I)cc2)c2ccc(C(C)(C)C)o2)o1.